The van der Waals surface area contributed by atoms with Gasteiger partial charge in [0.15, 0.2) is 0 Å². The van der Waals surface area contributed by atoms with Crippen LogP contribution in [0.15, 0.2) is 40.9 Å². The minimum Gasteiger partial charge on any atom is -0.378 e. The summed E-state index contributed by atoms with van der Waals surface area (Å²) in [5.74, 6) is -0.346. The maximum absolute atomic E-state index is 12.4. The number of nitrogens with one attached hydrogen (secondary N) is 1. The molecule has 2 aromatic carbocycles. The summed E-state index contributed by atoms with van der Waals surface area (Å²) >= 11 is 9.49. The molecule has 0 aliphatic carbocycles. The first-order valence-corrected chi connectivity index (χ1v) is 9.00. The van der Waals surface area contributed by atoms with Gasteiger partial charge in [-0.1, -0.05) is 27.5 Å². The highest BCUT2D eigenvalue weighted by Crippen LogP contribution is 2.37. The van der Waals surface area contributed by atoms with Crippen LogP contribution in [0.5, 0.6) is 0 Å². The molecule has 9 heteroatoms. The zero-order chi connectivity index (χ0) is 18.7. The molecule has 1 saturated heterocycles. The summed E-state index contributed by atoms with van der Waals surface area (Å²) in [6, 6.07) is 9.66. The number of anilines is 2. The molecule has 1 aliphatic heterocycles. The molecule has 1 heterocycles. The van der Waals surface area contributed by atoms with E-state index < -0.39 is 4.92 Å². The van der Waals surface area contributed by atoms with E-state index in [9.17, 15) is 14.9 Å². The summed E-state index contributed by atoms with van der Waals surface area (Å²) in [6.07, 6.45) is 0. The Kier molecular flexibility index (Phi) is 5.75. The molecule has 2 aromatic rings. The predicted octanol–water partition coefficient (Wildman–Crippen LogP) is 4.10. The van der Waals surface area contributed by atoms with Crippen LogP contribution in [0.25, 0.3) is 0 Å². The van der Waals surface area contributed by atoms with Crippen molar-refractivity contribution in [1.82, 2.24) is 0 Å². The Morgan fingerprint density at radius 1 is 1.23 bits per heavy atom. The van der Waals surface area contributed by atoms with Gasteiger partial charge < -0.3 is 15.0 Å². The van der Waals surface area contributed by atoms with Gasteiger partial charge in [0.05, 0.1) is 28.8 Å². The second kappa shape index (κ2) is 8.03. The minimum absolute atomic E-state index is 0.0986. The fourth-order valence-corrected chi connectivity index (χ4v) is 3.12. The number of hydrogen-bond acceptors (Lipinski definition) is 5. The van der Waals surface area contributed by atoms with E-state index in [1.165, 1.54) is 6.07 Å². The van der Waals surface area contributed by atoms with Crippen LogP contribution in [0.1, 0.15) is 10.4 Å². The molecule has 0 spiro atoms. The number of morpholine rings is 1. The summed E-state index contributed by atoms with van der Waals surface area (Å²) < 4.78 is 6.15. The SMILES string of the molecule is O=C(Nc1cc(N2CCOCC2)c([N+](=O)[O-])cc1Cl)c1ccc(Br)cc1. The van der Waals surface area contributed by atoms with E-state index in [1.54, 1.807) is 30.3 Å². The number of hydrogen-bond donors (Lipinski definition) is 1. The highest BCUT2D eigenvalue weighted by molar-refractivity contribution is 9.10. The molecule has 0 saturated carbocycles. The second-order valence-electron chi connectivity index (χ2n) is 5.64. The van der Waals surface area contributed by atoms with Gasteiger partial charge in [0, 0.05) is 29.2 Å². The molecule has 26 heavy (non-hydrogen) atoms. The molecule has 1 amide bonds. The average molecular weight is 441 g/mol. The quantitative estimate of drug-likeness (QED) is 0.571. The normalized spacial score (nSPS) is 14.2. The van der Waals surface area contributed by atoms with E-state index in [-0.39, 0.29) is 16.6 Å². The Morgan fingerprint density at radius 2 is 1.88 bits per heavy atom. The molecule has 0 radical (unpaired) electrons. The van der Waals surface area contributed by atoms with Crippen molar-refractivity contribution in [2.45, 2.75) is 0 Å². The van der Waals surface area contributed by atoms with Crippen molar-refractivity contribution in [3.8, 4) is 0 Å². The van der Waals surface area contributed by atoms with E-state index in [4.69, 9.17) is 16.3 Å². The number of ether oxygens (including phenoxy) is 1. The number of nitro groups is 1. The highest BCUT2D eigenvalue weighted by atomic mass is 79.9. The standard InChI is InChI=1S/C17H15BrClN3O4/c18-12-3-1-11(2-4-12)17(23)20-14-10-15(21-5-7-26-8-6-21)16(22(24)25)9-13(14)19/h1-4,9-10H,5-8H2,(H,20,23). The zero-order valence-electron chi connectivity index (χ0n) is 13.6. The molecule has 1 N–H and O–H groups in total. The number of benzene rings is 2. The third kappa shape index (κ3) is 4.14. The van der Waals surface area contributed by atoms with Gasteiger partial charge in [-0.2, -0.15) is 0 Å². The lowest BCUT2D eigenvalue weighted by atomic mass is 10.1. The summed E-state index contributed by atoms with van der Waals surface area (Å²) in [5, 5.41) is 14.2. The fraction of sp³-hybridized carbons (Fsp3) is 0.235. The molecule has 136 valence electrons. The van der Waals surface area contributed by atoms with E-state index in [0.717, 1.165) is 4.47 Å². The van der Waals surface area contributed by atoms with E-state index >= 15 is 0 Å². The van der Waals surface area contributed by atoms with Crippen molar-refractivity contribution in [2.24, 2.45) is 0 Å². The zero-order valence-corrected chi connectivity index (χ0v) is 15.9. The maximum atomic E-state index is 12.4. The number of amides is 1. The first-order valence-electron chi connectivity index (χ1n) is 7.83. The minimum atomic E-state index is -0.475. The summed E-state index contributed by atoms with van der Waals surface area (Å²) in [7, 11) is 0. The molecule has 3 rings (SSSR count). The van der Waals surface area contributed by atoms with Crippen molar-refractivity contribution in [3.05, 3.63) is 61.6 Å². The summed E-state index contributed by atoms with van der Waals surface area (Å²) in [5.41, 5.74) is 1.09. The van der Waals surface area contributed by atoms with Crippen LogP contribution >= 0.6 is 27.5 Å². The van der Waals surface area contributed by atoms with Crippen molar-refractivity contribution < 1.29 is 14.5 Å². The Bertz CT molecular complexity index is 839. The van der Waals surface area contributed by atoms with Crippen LogP contribution in [0.2, 0.25) is 5.02 Å². The van der Waals surface area contributed by atoms with Crippen LogP contribution in [0.4, 0.5) is 17.1 Å². The Labute approximate surface area is 163 Å². The van der Waals surface area contributed by atoms with Crippen LogP contribution in [-0.2, 0) is 4.74 Å². The van der Waals surface area contributed by atoms with Crippen molar-refractivity contribution in [1.29, 1.82) is 0 Å². The van der Waals surface area contributed by atoms with Gasteiger partial charge in [-0.15, -0.1) is 0 Å². The van der Waals surface area contributed by atoms with Gasteiger partial charge in [-0.05, 0) is 30.3 Å². The predicted molar refractivity (Wildman–Crippen MR) is 103 cm³/mol. The van der Waals surface area contributed by atoms with Crippen molar-refractivity contribution in [3.63, 3.8) is 0 Å². The van der Waals surface area contributed by atoms with Gasteiger partial charge in [0.25, 0.3) is 11.6 Å². The molecule has 1 fully saturated rings. The largest absolute Gasteiger partial charge is 0.378 e. The van der Waals surface area contributed by atoms with E-state index in [1.807, 2.05) is 4.90 Å². The maximum Gasteiger partial charge on any atom is 0.294 e. The van der Waals surface area contributed by atoms with Crippen molar-refractivity contribution >= 4 is 50.5 Å². The Hall–Kier alpha value is -2.16. The van der Waals surface area contributed by atoms with Gasteiger partial charge >= 0.3 is 0 Å². The number of halogens is 2. The monoisotopic (exact) mass is 439 g/mol. The van der Waals surface area contributed by atoms with Crippen molar-refractivity contribution in [2.75, 3.05) is 36.5 Å². The molecule has 7 nitrogen and oxygen atoms in total. The Morgan fingerprint density at radius 3 is 2.50 bits per heavy atom. The molecular formula is C17H15BrClN3O4. The highest BCUT2D eigenvalue weighted by Gasteiger charge is 2.24. The number of nitro benzene ring substituents is 1. The molecule has 0 atom stereocenters. The van der Waals surface area contributed by atoms with Crippen LogP contribution in [0, 0.1) is 10.1 Å². The summed E-state index contributed by atoms with van der Waals surface area (Å²) in [6.45, 7) is 2.03. The van der Waals surface area contributed by atoms with Gasteiger partial charge in [0.1, 0.15) is 5.69 Å². The van der Waals surface area contributed by atoms with Gasteiger partial charge in [0.2, 0.25) is 0 Å². The second-order valence-corrected chi connectivity index (χ2v) is 6.96. The molecular weight excluding hydrogens is 426 g/mol. The van der Waals surface area contributed by atoms with Crippen LogP contribution in [0.3, 0.4) is 0 Å². The lowest BCUT2D eigenvalue weighted by Crippen LogP contribution is -2.36. The topological polar surface area (TPSA) is 84.7 Å². The molecule has 0 bridgehead atoms. The van der Waals surface area contributed by atoms with E-state index in [2.05, 4.69) is 21.2 Å². The molecule has 0 aromatic heterocycles. The number of nitrogens with zero attached hydrogens (tertiary/aromatic N) is 2. The third-order valence-electron chi connectivity index (χ3n) is 3.97. The molecule has 0 unspecified atom stereocenters. The van der Waals surface area contributed by atoms with Crippen LogP contribution in [-0.4, -0.2) is 37.1 Å². The lowest BCUT2D eigenvalue weighted by Gasteiger charge is -2.29. The van der Waals surface area contributed by atoms with Gasteiger partial charge in [-0.25, -0.2) is 0 Å². The molecule has 1 aliphatic rings. The first-order chi connectivity index (χ1) is 12.5. The van der Waals surface area contributed by atoms with Gasteiger partial charge in [-0.3, -0.25) is 14.9 Å². The Balaban J connectivity index is 1.92. The summed E-state index contributed by atoms with van der Waals surface area (Å²) in [4.78, 5) is 25.2. The first kappa shape index (κ1) is 18.6. The number of rotatable bonds is 4. The lowest BCUT2D eigenvalue weighted by molar-refractivity contribution is -0.384. The smallest absolute Gasteiger partial charge is 0.294 e. The third-order valence-corrected chi connectivity index (χ3v) is 4.81. The van der Waals surface area contributed by atoms with Crippen LogP contribution < -0.4 is 10.2 Å². The fourth-order valence-electron chi connectivity index (χ4n) is 2.65. The number of carbonyl (C=O) groups excluding carboxylic acids is 1. The average Bonchev–Trinajstić information content (AvgIpc) is 2.64. The number of carbonyl (C=O) groups is 1. The van der Waals surface area contributed by atoms with E-state index in [0.29, 0.717) is 43.2 Å².